The number of halogens is 1. The molecular formula is C23H23ClN2O6. The van der Waals surface area contributed by atoms with Crippen molar-refractivity contribution in [2.24, 2.45) is 4.99 Å². The molecule has 1 heterocycles. The number of benzene rings is 2. The van der Waals surface area contributed by atoms with Crippen molar-refractivity contribution in [3.05, 3.63) is 67.9 Å². The quantitative estimate of drug-likeness (QED) is 0.225. The monoisotopic (exact) mass is 458 g/mol. The second-order valence-electron chi connectivity index (χ2n) is 7.19. The molecule has 0 aromatic heterocycles. The molecule has 0 fully saturated rings. The van der Waals surface area contributed by atoms with Crippen LogP contribution in [0.4, 0.5) is 5.69 Å². The van der Waals surface area contributed by atoms with E-state index in [1.165, 1.54) is 18.2 Å². The van der Waals surface area contributed by atoms with Gasteiger partial charge in [-0.3, -0.25) is 10.1 Å². The van der Waals surface area contributed by atoms with Crippen molar-refractivity contribution in [3.63, 3.8) is 0 Å². The minimum absolute atomic E-state index is 0.0211. The molecule has 9 heteroatoms. The first-order chi connectivity index (χ1) is 15.2. The van der Waals surface area contributed by atoms with E-state index < -0.39 is 10.9 Å². The van der Waals surface area contributed by atoms with Gasteiger partial charge < -0.3 is 14.2 Å². The Morgan fingerprint density at radius 3 is 2.66 bits per heavy atom. The van der Waals surface area contributed by atoms with E-state index in [-0.39, 0.29) is 23.4 Å². The van der Waals surface area contributed by atoms with E-state index in [9.17, 15) is 14.9 Å². The summed E-state index contributed by atoms with van der Waals surface area (Å²) in [6.07, 6.45) is 2.30. The predicted molar refractivity (Wildman–Crippen MR) is 121 cm³/mol. The van der Waals surface area contributed by atoms with E-state index in [4.69, 9.17) is 25.8 Å². The van der Waals surface area contributed by atoms with Gasteiger partial charge in [0.05, 0.1) is 22.7 Å². The average Bonchev–Trinajstić information content (AvgIpc) is 3.10. The van der Waals surface area contributed by atoms with Crippen LogP contribution in [0.1, 0.15) is 43.9 Å². The molecule has 1 aliphatic rings. The molecule has 0 N–H and O–H groups in total. The highest BCUT2D eigenvalue weighted by Gasteiger charge is 2.26. The van der Waals surface area contributed by atoms with E-state index >= 15 is 0 Å². The number of rotatable bonds is 8. The zero-order valence-corrected chi connectivity index (χ0v) is 18.9. The van der Waals surface area contributed by atoms with E-state index in [1.54, 1.807) is 25.1 Å². The Hall–Kier alpha value is -3.39. The number of ether oxygens (including phenoxy) is 3. The Balaban J connectivity index is 1.95. The summed E-state index contributed by atoms with van der Waals surface area (Å²) >= 11 is 6.43. The van der Waals surface area contributed by atoms with Gasteiger partial charge in [-0.1, -0.05) is 18.5 Å². The number of carbonyl (C=O) groups excluding carboxylic acids is 1. The van der Waals surface area contributed by atoms with E-state index in [1.807, 2.05) is 20.8 Å². The molecule has 0 aliphatic carbocycles. The summed E-state index contributed by atoms with van der Waals surface area (Å²) < 4.78 is 16.8. The summed E-state index contributed by atoms with van der Waals surface area (Å²) in [5.74, 6) is 0.357. The van der Waals surface area contributed by atoms with Crippen molar-refractivity contribution in [3.8, 4) is 11.5 Å². The number of aryl methyl sites for hydroxylation is 1. The Bertz CT molecular complexity index is 1130. The molecule has 0 radical (unpaired) electrons. The normalized spacial score (nSPS) is 15.3. The maximum Gasteiger partial charge on any atom is 0.363 e. The van der Waals surface area contributed by atoms with E-state index in [0.29, 0.717) is 39.8 Å². The number of hydrogen-bond donors (Lipinski definition) is 0. The second kappa shape index (κ2) is 9.82. The molecule has 0 spiro atoms. The zero-order chi connectivity index (χ0) is 23.4. The molecule has 1 aliphatic heterocycles. The fraction of sp³-hybridized carbons (Fsp3) is 0.304. The molecular weight excluding hydrogens is 436 g/mol. The summed E-state index contributed by atoms with van der Waals surface area (Å²) in [4.78, 5) is 27.2. The standard InChI is InChI=1S/C23H23ClN2O6/c1-5-14(4)31-21-17(24)10-15(12-20(21)30-6-2)11-18-23(27)32-22(25-18)16-7-8-19(26(28)29)13(3)9-16/h7-12,14H,5-6H2,1-4H3/b18-11-. The van der Waals surface area contributed by atoms with Crippen LogP contribution in [0.15, 0.2) is 41.0 Å². The van der Waals surface area contributed by atoms with Crippen molar-refractivity contribution >= 4 is 35.2 Å². The number of aliphatic imine (C=N–C) groups is 1. The highest BCUT2D eigenvalue weighted by molar-refractivity contribution is 6.32. The minimum atomic E-state index is -0.634. The van der Waals surface area contributed by atoms with Crippen LogP contribution < -0.4 is 9.47 Å². The van der Waals surface area contributed by atoms with Crippen molar-refractivity contribution in [2.75, 3.05) is 6.61 Å². The molecule has 0 saturated heterocycles. The van der Waals surface area contributed by atoms with Crippen LogP contribution in [0.3, 0.4) is 0 Å². The number of esters is 1. The number of carbonyl (C=O) groups is 1. The third kappa shape index (κ3) is 5.08. The van der Waals surface area contributed by atoms with Gasteiger partial charge in [0.25, 0.3) is 5.69 Å². The van der Waals surface area contributed by atoms with Crippen molar-refractivity contribution in [1.82, 2.24) is 0 Å². The lowest BCUT2D eigenvalue weighted by molar-refractivity contribution is -0.385. The van der Waals surface area contributed by atoms with Gasteiger partial charge in [-0.15, -0.1) is 0 Å². The van der Waals surface area contributed by atoms with Crippen LogP contribution in [-0.2, 0) is 9.53 Å². The predicted octanol–water partition coefficient (Wildman–Crippen LogP) is 5.48. The third-order valence-electron chi connectivity index (χ3n) is 4.79. The SMILES string of the molecule is CCOc1cc(/C=C2\N=C(c3ccc([N+](=O)[O-])c(C)c3)OC2=O)cc(Cl)c1OC(C)CC. The lowest BCUT2D eigenvalue weighted by Crippen LogP contribution is -2.11. The van der Waals surface area contributed by atoms with Crippen LogP contribution in [0.2, 0.25) is 5.02 Å². The molecule has 2 aromatic carbocycles. The summed E-state index contributed by atoms with van der Waals surface area (Å²) in [7, 11) is 0. The van der Waals surface area contributed by atoms with Crippen LogP contribution >= 0.6 is 11.6 Å². The molecule has 1 unspecified atom stereocenters. The second-order valence-corrected chi connectivity index (χ2v) is 7.60. The van der Waals surface area contributed by atoms with Gasteiger partial charge in [0.2, 0.25) is 5.90 Å². The number of nitro groups is 1. The summed E-state index contributed by atoms with van der Waals surface area (Å²) in [5, 5.41) is 11.4. The highest BCUT2D eigenvalue weighted by atomic mass is 35.5. The first-order valence-corrected chi connectivity index (χ1v) is 10.5. The molecule has 0 bridgehead atoms. The maximum atomic E-state index is 12.4. The van der Waals surface area contributed by atoms with Crippen molar-refractivity contribution in [1.29, 1.82) is 0 Å². The first kappa shape index (κ1) is 23.3. The molecule has 3 rings (SSSR count). The smallest absolute Gasteiger partial charge is 0.363 e. The van der Waals surface area contributed by atoms with Gasteiger partial charge in [0.1, 0.15) is 0 Å². The average molecular weight is 459 g/mol. The summed E-state index contributed by atoms with van der Waals surface area (Å²) in [6, 6.07) is 7.78. The van der Waals surface area contributed by atoms with Gasteiger partial charge in [-0.2, -0.15) is 0 Å². The number of hydrogen-bond acceptors (Lipinski definition) is 7. The maximum absolute atomic E-state index is 12.4. The molecule has 1 atom stereocenters. The van der Waals surface area contributed by atoms with E-state index in [2.05, 4.69) is 4.99 Å². The minimum Gasteiger partial charge on any atom is -0.490 e. The number of nitro benzene ring substituents is 1. The molecule has 0 amide bonds. The highest BCUT2D eigenvalue weighted by Crippen LogP contribution is 2.38. The Morgan fingerprint density at radius 1 is 1.28 bits per heavy atom. The molecule has 8 nitrogen and oxygen atoms in total. The van der Waals surface area contributed by atoms with Gasteiger partial charge >= 0.3 is 5.97 Å². The number of cyclic esters (lactones) is 1. The van der Waals surface area contributed by atoms with Crippen LogP contribution in [0.25, 0.3) is 6.08 Å². The van der Waals surface area contributed by atoms with Crippen LogP contribution in [-0.4, -0.2) is 29.5 Å². The van der Waals surface area contributed by atoms with E-state index in [0.717, 1.165) is 6.42 Å². The topological polar surface area (TPSA) is 100 Å². The Morgan fingerprint density at radius 2 is 2.03 bits per heavy atom. The lowest BCUT2D eigenvalue weighted by atomic mass is 10.1. The molecule has 2 aromatic rings. The fourth-order valence-corrected chi connectivity index (χ4v) is 3.28. The van der Waals surface area contributed by atoms with Gasteiger partial charge in [-0.25, -0.2) is 9.79 Å². The third-order valence-corrected chi connectivity index (χ3v) is 5.07. The van der Waals surface area contributed by atoms with Gasteiger partial charge in [-0.05, 0) is 63.1 Å². The molecule has 32 heavy (non-hydrogen) atoms. The molecule has 0 saturated carbocycles. The van der Waals surface area contributed by atoms with Crippen molar-refractivity contribution < 1.29 is 23.9 Å². The number of nitrogens with zero attached hydrogens (tertiary/aromatic N) is 2. The molecule has 168 valence electrons. The zero-order valence-electron chi connectivity index (χ0n) is 18.2. The van der Waals surface area contributed by atoms with Crippen LogP contribution in [0, 0.1) is 17.0 Å². The fourth-order valence-electron chi connectivity index (χ4n) is 3.02. The first-order valence-electron chi connectivity index (χ1n) is 10.1. The van der Waals surface area contributed by atoms with Crippen LogP contribution in [0.5, 0.6) is 11.5 Å². The summed E-state index contributed by atoms with van der Waals surface area (Å²) in [5.41, 5.74) is 1.55. The van der Waals surface area contributed by atoms with Crippen molar-refractivity contribution in [2.45, 2.75) is 40.2 Å². The Labute approximate surface area is 190 Å². The summed E-state index contributed by atoms with van der Waals surface area (Å²) in [6.45, 7) is 7.81. The lowest BCUT2D eigenvalue weighted by Gasteiger charge is -2.18. The van der Waals surface area contributed by atoms with Gasteiger partial charge in [0, 0.05) is 17.2 Å². The Kier molecular flexibility index (Phi) is 7.15. The van der Waals surface area contributed by atoms with Gasteiger partial charge in [0.15, 0.2) is 17.2 Å². The largest absolute Gasteiger partial charge is 0.490 e.